The molecular weight excluding hydrogens is 256 g/mol. The number of aromatic nitrogens is 3. The second-order valence-electron chi connectivity index (χ2n) is 6.03. The van der Waals surface area contributed by atoms with Crippen molar-refractivity contribution in [3.63, 3.8) is 0 Å². The van der Waals surface area contributed by atoms with Gasteiger partial charge in [-0.2, -0.15) is 5.10 Å². The molecule has 1 heterocycles. The van der Waals surface area contributed by atoms with E-state index < -0.39 is 11.5 Å². The van der Waals surface area contributed by atoms with Crippen molar-refractivity contribution in [2.75, 3.05) is 0 Å². The van der Waals surface area contributed by atoms with Gasteiger partial charge in [-0.3, -0.25) is 4.79 Å². The Labute approximate surface area is 118 Å². The SMILES string of the molecule is CC(C)(O)Cn1nc(CC(N)=O)nc1CC1C=CCC1. The van der Waals surface area contributed by atoms with Crippen LogP contribution in [0.2, 0.25) is 0 Å². The largest absolute Gasteiger partial charge is 0.389 e. The molecule has 20 heavy (non-hydrogen) atoms. The number of nitrogens with two attached hydrogens (primary N) is 1. The molecule has 0 radical (unpaired) electrons. The molecule has 6 heteroatoms. The van der Waals surface area contributed by atoms with Gasteiger partial charge < -0.3 is 10.8 Å². The molecule has 2 rings (SSSR count). The molecule has 0 bridgehead atoms. The zero-order chi connectivity index (χ0) is 14.8. The minimum absolute atomic E-state index is 0.0341. The number of nitrogens with zero attached hydrogens (tertiary/aromatic N) is 3. The maximum atomic E-state index is 11.0. The van der Waals surface area contributed by atoms with Crippen molar-refractivity contribution in [2.45, 2.75) is 51.7 Å². The second kappa shape index (κ2) is 5.75. The summed E-state index contributed by atoms with van der Waals surface area (Å²) < 4.78 is 1.70. The lowest BCUT2D eigenvalue weighted by Gasteiger charge is -2.18. The lowest BCUT2D eigenvalue weighted by atomic mass is 10.0. The summed E-state index contributed by atoms with van der Waals surface area (Å²) in [7, 11) is 0. The smallest absolute Gasteiger partial charge is 0.225 e. The van der Waals surface area contributed by atoms with Crippen molar-refractivity contribution in [1.29, 1.82) is 0 Å². The number of primary amides is 1. The average Bonchev–Trinajstić information content (AvgIpc) is 2.87. The van der Waals surface area contributed by atoms with Crippen LogP contribution in [0.1, 0.15) is 38.3 Å². The molecule has 0 aliphatic heterocycles. The van der Waals surface area contributed by atoms with Crippen molar-refractivity contribution >= 4 is 5.91 Å². The third-order valence-electron chi connectivity index (χ3n) is 3.22. The van der Waals surface area contributed by atoms with E-state index in [1.54, 1.807) is 18.5 Å². The zero-order valence-electron chi connectivity index (χ0n) is 12.0. The van der Waals surface area contributed by atoms with E-state index in [2.05, 4.69) is 22.2 Å². The van der Waals surface area contributed by atoms with Crippen LogP contribution in [0.25, 0.3) is 0 Å². The van der Waals surface area contributed by atoms with Crippen LogP contribution in [-0.2, 0) is 24.2 Å². The lowest BCUT2D eigenvalue weighted by Crippen LogP contribution is -2.28. The van der Waals surface area contributed by atoms with Crippen molar-refractivity contribution < 1.29 is 9.90 Å². The first-order valence-electron chi connectivity index (χ1n) is 6.93. The highest BCUT2D eigenvalue weighted by Crippen LogP contribution is 2.21. The lowest BCUT2D eigenvalue weighted by molar-refractivity contribution is -0.117. The molecule has 110 valence electrons. The number of rotatable bonds is 6. The van der Waals surface area contributed by atoms with Crippen LogP contribution in [0, 0.1) is 5.92 Å². The van der Waals surface area contributed by atoms with E-state index in [1.165, 1.54) is 0 Å². The van der Waals surface area contributed by atoms with Crippen molar-refractivity contribution in [3.8, 4) is 0 Å². The van der Waals surface area contributed by atoms with Gasteiger partial charge in [0.2, 0.25) is 5.91 Å². The molecule has 0 fully saturated rings. The number of hydrogen-bond acceptors (Lipinski definition) is 4. The van der Waals surface area contributed by atoms with E-state index in [-0.39, 0.29) is 6.42 Å². The minimum atomic E-state index is -0.877. The summed E-state index contributed by atoms with van der Waals surface area (Å²) in [6, 6.07) is 0. The van der Waals surface area contributed by atoms with E-state index in [0.29, 0.717) is 18.3 Å². The second-order valence-corrected chi connectivity index (χ2v) is 6.03. The summed E-state index contributed by atoms with van der Waals surface area (Å²) in [6.45, 7) is 3.80. The molecule has 0 saturated carbocycles. The molecule has 3 N–H and O–H groups in total. The molecule has 0 aromatic carbocycles. The van der Waals surface area contributed by atoms with Crippen LogP contribution < -0.4 is 5.73 Å². The van der Waals surface area contributed by atoms with Gasteiger partial charge >= 0.3 is 0 Å². The van der Waals surface area contributed by atoms with E-state index in [0.717, 1.165) is 25.1 Å². The van der Waals surface area contributed by atoms with Gasteiger partial charge in [-0.1, -0.05) is 12.2 Å². The van der Waals surface area contributed by atoms with Gasteiger partial charge in [-0.05, 0) is 32.6 Å². The van der Waals surface area contributed by atoms with Gasteiger partial charge in [-0.15, -0.1) is 0 Å². The van der Waals surface area contributed by atoms with Gasteiger partial charge in [0.1, 0.15) is 5.82 Å². The molecule has 1 aliphatic carbocycles. The summed E-state index contributed by atoms with van der Waals surface area (Å²) >= 11 is 0. The molecule has 1 unspecified atom stereocenters. The molecule has 1 aromatic heterocycles. The molecule has 1 atom stereocenters. The van der Waals surface area contributed by atoms with E-state index in [9.17, 15) is 9.90 Å². The highest BCUT2D eigenvalue weighted by Gasteiger charge is 2.21. The number of carbonyl (C=O) groups is 1. The topological polar surface area (TPSA) is 94.0 Å². The fraction of sp³-hybridized carbons (Fsp3) is 0.643. The summed E-state index contributed by atoms with van der Waals surface area (Å²) in [5.74, 6) is 1.25. The number of allylic oxidation sites excluding steroid dienone is 2. The van der Waals surface area contributed by atoms with Gasteiger partial charge in [0.15, 0.2) is 5.82 Å². The van der Waals surface area contributed by atoms with Gasteiger partial charge in [-0.25, -0.2) is 9.67 Å². The van der Waals surface area contributed by atoms with Crippen molar-refractivity contribution in [1.82, 2.24) is 14.8 Å². The van der Waals surface area contributed by atoms with Gasteiger partial charge in [0, 0.05) is 6.42 Å². The van der Waals surface area contributed by atoms with Crippen LogP contribution in [-0.4, -0.2) is 31.4 Å². The fourth-order valence-electron chi connectivity index (χ4n) is 2.40. The summed E-state index contributed by atoms with van der Waals surface area (Å²) in [6.07, 6.45) is 7.38. The molecule has 1 aromatic rings. The molecule has 1 aliphatic rings. The minimum Gasteiger partial charge on any atom is -0.389 e. The first-order chi connectivity index (χ1) is 9.33. The summed E-state index contributed by atoms with van der Waals surface area (Å²) in [5.41, 5.74) is 4.31. The third kappa shape index (κ3) is 4.16. The van der Waals surface area contributed by atoms with Crippen LogP contribution >= 0.6 is 0 Å². The quantitative estimate of drug-likeness (QED) is 0.744. The molecule has 6 nitrogen and oxygen atoms in total. The van der Waals surface area contributed by atoms with Crippen LogP contribution in [0.3, 0.4) is 0 Å². The average molecular weight is 278 g/mol. The highest BCUT2D eigenvalue weighted by molar-refractivity contribution is 5.75. The number of amides is 1. The highest BCUT2D eigenvalue weighted by atomic mass is 16.3. The summed E-state index contributed by atoms with van der Waals surface area (Å²) in [5, 5.41) is 14.3. The number of aliphatic hydroxyl groups is 1. The molecule has 1 amide bonds. The number of hydrogen-bond donors (Lipinski definition) is 2. The maximum Gasteiger partial charge on any atom is 0.225 e. The summed E-state index contributed by atoms with van der Waals surface area (Å²) in [4.78, 5) is 15.4. The Morgan fingerprint density at radius 1 is 1.60 bits per heavy atom. The zero-order valence-corrected chi connectivity index (χ0v) is 12.0. The van der Waals surface area contributed by atoms with E-state index >= 15 is 0 Å². The predicted molar refractivity (Wildman–Crippen MR) is 74.8 cm³/mol. The first kappa shape index (κ1) is 14.7. The van der Waals surface area contributed by atoms with Gasteiger partial charge in [0.05, 0.1) is 18.6 Å². The Morgan fingerprint density at radius 3 is 2.90 bits per heavy atom. The first-order valence-corrected chi connectivity index (χ1v) is 6.93. The predicted octanol–water partition coefficient (Wildman–Crippen LogP) is 0.585. The Bertz CT molecular complexity index is 514. The van der Waals surface area contributed by atoms with E-state index in [4.69, 9.17) is 5.73 Å². The number of carbonyl (C=O) groups excluding carboxylic acids is 1. The Hall–Kier alpha value is -1.69. The van der Waals surface area contributed by atoms with Crippen molar-refractivity contribution in [3.05, 3.63) is 23.8 Å². The van der Waals surface area contributed by atoms with Gasteiger partial charge in [0.25, 0.3) is 0 Å². The van der Waals surface area contributed by atoms with E-state index in [1.807, 2.05) is 0 Å². The monoisotopic (exact) mass is 278 g/mol. The molecule has 0 saturated heterocycles. The third-order valence-corrected chi connectivity index (χ3v) is 3.22. The Morgan fingerprint density at radius 2 is 2.35 bits per heavy atom. The van der Waals surface area contributed by atoms with Crippen molar-refractivity contribution in [2.24, 2.45) is 11.7 Å². The Kier molecular flexibility index (Phi) is 4.23. The maximum absolute atomic E-state index is 11.0. The normalized spacial score (nSPS) is 18.6. The molecule has 0 spiro atoms. The fourth-order valence-corrected chi connectivity index (χ4v) is 2.40. The van der Waals surface area contributed by atoms with Crippen LogP contribution in [0.5, 0.6) is 0 Å². The Balaban J connectivity index is 2.19. The molecular formula is C14H22N4O2. The standard InChI is InChI=1S/C14H22N4O2/c1-14(2,20)9-18-13(7-10-5-3-4-6-10)16-12(17-18)8-11(15)19/h3,5,10,20H,4,6-9H2,1-2H3,(H2,15,19). The van der Waals surface area contributed by atoms with Crippen LogP contribution in [0.15, 0.2) is 12.2 Å². The van der Waals surface area contributed by atoms with Crippen LogP contribution in [0.4, 0.5) is 0 Å².